The van der Waals surface area contributed by atoms with Crippen LogP contribution in [0.25, 0.3) is 33.5 Å². The van der Waals surface area contributed by atoms with E-state index in [0.29, 0.717) is 16.6 Å². The fraction of sp³-hybridized carbons (Fsp3) is 0.146. The molecule has 0 amide bonds. The lowest BCUT2D eigenvalue weighted by Gasteiger charge is -2.35. The highest BCUT2D eigenvalue weighted by atomic mass is 14.9. The molecule has 0 fully saturated rings. The zero-order valence-corrected chi connectivity index (χ0v) is 29.4. The molecular formula is C48H44B2N+. The lowest BCUT2D eigenvalue weighted by molar-refractivity contribution is -0.660. The molecule has 246 valence electrons. The third-order valence-corrected chi connectivity index (χ3v) is 10.6. The van der Waals surface area contributed by atoms with E-state index >= 15 is 0 Å². The lowest BCUT2D eigenvalue weighted by Crippen LogP contribution is -2.76. The fourth-order valence-electron chi connectivity index (χ4n) is 8.20. The summed E-state index contributed by atoms with van der Waals surface area (Å²) in [5.74, 6) is 0. The highest BCUT2D eigenvalue weighted by Gasteiger charge is 2.41. The number of aromatic nitrogens is 1. The zero-order valence-electron chi connectivity index (χ0n) is 38.4. The van der Waals surface area contributed by atoms with Gasteiger partial charge in [-0.25, -0.2) is 4.57 Å². The van der Waals surface area contributed by atoms with Crippen LogP contribution >= 0.6 is 0 Å². The Kier molecular flexibility index (Phi) is 6.12. The first-order valence-corrected chi connectivity index (χ1v) is 17.5. The molecule has 1 aliphatic rings. The molecule has 0 bridgehead atoms. The molecule has 51 heavy (non-hydrogen) atoms. The molecule has 1 aromatic heterocycles. The third-order valence-electron chi connectivity index (χ3n) is 10.6. The minimum atomic E-state index is -2.69. The summed E-state index contributed by atoms with van der Waals surface area (Å²) in [6, 6.07) is 42.2. The van der Waals surface area contributed by atoms with Crippen molar-refractivity contribution in [2.45, 2.75) is 41.3 Å². The first-order valence-electron chi connectivity index (χ1n) is 22.0. The van der Waals surface area contributed by atoms with Crippen LogP contribution in [0, 0.1) is 41.3 Å². The summed E-state index contributed by atoms with van der Waals surface area (Å²) in [6.07, 6.45) is 2.00. The molecule has 0 spiro atoms. The van der Waals surface area contributed by atoms with Gasteiger partial charge in [0.25, 0.3) is 0 Å². The lowest BCUT2D eigenvalue weighted by atomic mass is 9.20. The molecule has 0 N–H and O–H groups in total. The molecule has 2 heterocycles. The average Bonchev–Trinajstić information content (AvgIpc) is 3.20. The van der Waals surface area contributed by atoms with Crippen LogP contribution in [0.15, 0.2) is 140 Å². The molecule has 3 heteroatoms. The summed E-state index contributed by atoms with van der Waals surface area (Å²) in [5, 5.41) is 0. The Balaban J connectivity index is 1.52. The van der Waals surface area contributed by atoms with Crippen LogP contribution in [0.4, 0.5) is 0 Å². The van der Waals surface area contributed by atoms with Crippen molar-refractivity contribution >= 4 is 46.2 Å². The summed E-state index contributed by atoms with van der Waals surface area (Å²) < 4.78 is 82.9. The van der Waals surface area contributed by atoms with E-state index in [1.54, 1.807) is 18.2 Å². The molecule has 8 rings (SSSR count). The maximum absolute atomic E-state index is 9.00. The van der Waals surface area contributed by atoms with Crippen molar-refractivity contribution in [2.24, 2.45) is 7.05 Å². The molecule has 6 aromatic carbocycles. The van der Waals surface area contributed by atoms with E-state index in [4.69, 9.17) is 12.3 Å². The van der Waals surface area contributed by atoms with Gasteiger partial charge >= 0.3 is 0 Å². The summed E-state index contributed by atoms with van der Waals surface area (Å²) in [5.41, 5.74) is 11.7. The number of nitrogens with zero attached hydrogens (tertiary/aromatic N) is 1. The largest absolute Gasteiger partial charge is 0.240 e. The van der Waals surface area contributed by atoms with E-state index in [-0.39, 0.29) is 22.2 Å². The van der Waals surface area contributed by atoms with Crippen LogP contribution in [0.1, 0.15) is 45.7 Å². The molecule has 0 unspecified atom stereocenters. The summed E-state index contributed by atoms with van der Waals surface area (Å²) in [7, 11) is 1.98. The van der Waals surface area contributed by atoms with Crippen molar-refractivity contribution in [3.8, 4) is 33.5 Å². The molecule has 1 aliphatic heterocycles. The van der Waals surface area contributed by atoms with Crippen LogP contribution < -0.4 is 37.3 Å². The standard InChI is InChI=1S/C48H44B2N/c1-31-22-23-51(7)46(24-31)41-30-45-44(29-32(41)2)49(47-33(3)25-39(26-34(47)4)37-16-10-8-11-17-37)42-20-14-15-21-43(42)50(45)48-35(5)27-40(28-36(48)6)38-18-12-9-13-19-38/h8-30H,1-7H3/q+1/i3D3,5D3,6D3. The van der Waals surface area contributed by atoms with Gasteiger partial charge in [0.2, 0.25) is 19.1 Å². The zero-order chi connectivity index (χ0) is 42.9. The highest BCUT2D eigenvalue weighted by molar-refractivity contribution is 7.11. The monoisotopic (exact) mass is 665 g/mol. The topological polar surface area (TPSA) is 3.88 Å². The van der Waals surface area contributed by atoms with Gasteiger partial charge in [-0.2, -0.15) is 0 Å². The van der Waals surface area contributed by atoms with Crippen LogP contribution in [-0.4, -0.2) is 13.4 Å². The molecule has 1 nitrogen and oxygen atoms in total. The van der Waals surface area contributed by atoms with Gasteiger partial charge < -0.3 is 0 Å². The van der Waals surface area contributed by atoms with Crippen LogP contribution in [0.3, 0.4) is 0 Å². The summed E-state index contributed by atoms with van der Waals surface area (Å²) in [4.78, 5) is 0. The number of pyridine rings is 1. The Morgan fingerprint density at radius 3 is 1.45 bits per heavy atom. The van der Waals surface area contributed by atoms with Gasteiger partial charge in [0.05, 0.1) is 0 Å². The Labute approximate surface area is 317 Å². The maximum atomic E-state index is 9.00. The van der Waals surface area contributed by atoms with E-state index in [1.807, 2.05) is 136 Å². The minimum absolute atomic E-state index is 0.0333. The van der Waals surface area contributed by atoms with Gasteiger partial charge in [0, 0.05) is 30.0 Å². The minimum Gasteiger partial charge on any atom is -0.201 e. The Bertz CT molecular complexity index is 2740. The van der Waals surface area contributed by atoms with Gasteiger partial charge in [0.15, 0.2) is 6.20 Å². The van der Waals surface area contributed by atoms with Crippen LogP contribution in [0.2, 0.25) is 0 Å². The highest BCUT2D eigenvalue weighted by Crippen LogP contribution is 2.25. The van der Waals surface area contributed by atoms with Crippen molar-refractivity contribution in [3.05, 3.63) is 173 Å². The van der Waals surface area contributed by atoms with Gasteiger partial charge in [-0.05, 0) is 74.7 Å². The normalized spacial score (nSPS) is 15.5. The van der Waals surface area contributed by atoms with Gasteiger partial charge in [0.1, 0.15) is 7.05 Å². The second-order valence-corrected chi connectivity index (χ2v) is 14.0. The van der Waals surface area contributed by atoms with Gasteiger partial charge in [-0.3, -0.25) is 0 Å². The molecule has 0 atom stereocenters. The molecule has 0 radical (unpaired) electrons. The molecule has 0 saturated heterocycles. The van der Waals surface area contributed by atoms with Crippen LogP contribution in [-0.2, 0) is 7.05 Å². The van der Waals surface area contributed by atoms with Gasteiger partial charge in [-0.1, -0.05) is 176 Å². The number of hydrogen-bond donors (Lipinski definition) is 0. The first-order chi connectivity index (χ1) is 28.3. The second kappa shape index (κ2) is 13.1. The number of aryl methyl sites for hydroxylation is 7. The Morgan fingerprint density at radius 2 is 0.922 bits per heavy atom. The summed E-state index contributed by atoms with van der Waals surface area (Å²) in [6.45, 7) is -3.26. The average molecular weight is 666 g/mol. The first kappa shape index (κ1) is 23.9. The maximum Gasteiger partial charge on any atom is 0.240 e. The number of rotatable bonds is 5. The number of hydrogen-bond acceptors (Lipinski definition) is 0. The van der Waals surface area contributed by atoms with Gasteiger partial charge in [-0.15, -0.1) is 0 Å². The molecular weight excluding hydrogens is 612 g/mol. The van der Waals surface area contributed by atoms with Crippen molar-refractivity contribution in [1.82, 2.24) is 0 Å². The van der Waals surface area contributed by atoms with Crippen LogP contribution in [0.5, 0.6) is 0 Å². The van der Waals surface area contributed by atoms with Crippen molar-refractivity contribution in [1.29, 1.82) is 0 Å². The Hall–Kier alpha value is -5.40. The smallest absolute Gasteiger partial charge is 0.201 e. The molecule has 7 aromatic rings. The predicted octanol–water partition coefficient (Wildman–Crippen LogP) is 6.71. The SMILES string of the molecule is [2H]C([2H])([2H])c1cc(-c2ccccc2)cc(C)c1B1c2ccccc2B(c2c(C([2H])([2H])[2H])cc(-c3ccccc3)cc2C([2H])([2H])[2H])c2cc(-c3cc(C)cc[n+]3C)c(C)cc21. The van der Waals surface area contributed by atoms with Crippen molar-refractivity contribution < 1.29 is 16.9 Å². The number of fused-ring (bicyclic) bond motifs is 2. The number of benzene rings is 6. The second-order valence-electron chi connectivity index (χ2n) is 14.0. The van der Waals surface area contributed by atoms with E-state index in [2.05, 4.69) is 18.2 Å². The third kappa shape index (κ3) is 5.75. The van der Waals surface area contributed by atoms with E-state index in [9.17, 15) is 0 Å². The summed E-state index contributed by atoms with van der Waals surface area (Å²) >= 11 is 0. The Morgan fingerprint density at radius 1 is 0.451 bits per heavy atom. The van der Waals surface area contributed by atoms with E-state index in [0.717, 1.165) is 60.9 Å². The predicted molar refractivity (Wildman–Crippen MR) is 221 cm³/mol. The quantitative estimate of drug-likeness (QED) is 0.142. The van der Waals surface area contributed by atoms with Crippen molar-refractivity contribution in [3.63, 3.8) is 0 Å². The van der Waals surface area contributed by atoms with E-state index < -0.39 is 34.0 Å². The molecule has 0 aliphatic carbocycles. The molecule has 0 saturated carbocycles. The fourth-order valence-corrected chi connectivity index (χ4v) is 8.20. The van der Waals surface area contributed by atoms with Crippen molar-refractivity contribution in [2.75, 3.05) is 0 Å². The van der Waals surface area contributed by atoms with E-state index in [1.165, 1.54) is 0 Å².